The van der Waals surface area contributed by atoms with Crippen LogP contribution in [-0.2, 0) is 4.79 Å². The van der Waals surface area contributed by atoms with Crippen LogP contribution in [0.5, 0.6) is 11.5 Å². The molecule has 1 fully saturated rings. The van der Waals surface area contributed by atoms with Crippen LogP contribution < -0.4 is 20.1 Å². The molecule has 1 aromatic carbocycles. The summed E-state index contributed by atoms with van der Waals surface area (Å²) in [6, 6.07) is 7.07. The van der Waals surface area contributed by atoms with Crippen LogP contribution in [-0.4, -0.2) is 25.1 Å². The first kappa shape index (κ1) is 19.3. The molecule has 0 unspecified atom stereocenters. The zero-order valence-corrected chi connectivity index (χ0v) is 16.3. The summed E-state index contributed by atoms with van der Waals surface area (Å²) >= 11 is 6.13. The molecule has 3 rings (SSSR count). The molecule has 1 aromatic heterocycles. The van der Waals surface area contributed by atoms with E-state index in [9.17, 15) is 4.79 Å². The van der Waals surface area contributed by atoms with E-state index in [0.717, 1.165) is 25.7 Å². The lowest BCUT2D eigenvalue weighted by atomic mass is 9.88. The predicted molar refractivity (Wildman–Crippen MR) is 107 cm³/mol. The smallest absolute Gasteiger partial charge is 0.227 e. The summed E-state index contributed by atoms with van der Waals surface area (Å²) in [5, 5.41) is 6.61. The molecule has 0 spiro atoms. The molecule has 0 atom stereocenters. The SMILES string of the molecule is COc1cc(Nc2ccc(NC(=O)C3CCCCC3)cn2)c(OC)cc1Cl. The maximum absolute atomic E-state index is 12.3. The highest BCUT2D eigenvalue weighted by atomic mass is 35.5. The minimum Gasteiger partial charge on any atom is -0.495 e. The van der Waals surface area contributed by atoms with Crippen LogP contribution in [0.3, 0.4) is 0 Å². The number of hydrogen-bond donors (Lipinski definition) is 2. The van der Waals surface area contributed by atoms with Crippen LogP contribution in [0.4, 0.5) is 17.2 Å². The maximum atomic E-state index is 12.3. The number of benzene rings is 1. The van der Waals surface area contributed by atoms with Crippen LogP contribution in [0.1, 0.15) is 32.1 Å². The Morgan fingerprint density at radius 1 is 1.11 bits per heavy atom. The first-order valence-electron chi connectivity index (χ1n) is 9.06. The summed E-state index contributed by atoms with van der Waals surface area (Å²) in [6.07, 6.45) is 7.07. The van der Waals surface area contributed by atoms with Crippen molar-refractivity contribution in [1.29, 1.82) is 0 Å². The van der Waals surface area contributed by atoms with Crippen molar-refractivity contribution in [3.05, 3.63) is 35.5 Å². The average molecular weight is 390 g/mol. The Kier molecular flexibility index (Phi) is 6.40. The van der Waals surface area contributed by atoms with Gasteiger partial charge in [-0.15, -0.1) is 0 Å². The van der Waals surface area contributed by atoms with Gasteiger partial charge in [0.05, 0.1) is 36.8 Å². The number of halogens is 1. The van der Waals surface area contributed by atoms with Crippen LogP contribution in [0.15, 0.2) is 30.5 Å². The van der Waals surface area contributed by atoms with E-state index in [-0.39, 0.29) is 11.8 Å². The number of ether oxygens (including phenoxy) is 2. The molecular formula is C20H24ClN3O3. The van der Waals surface area contributed by atoms with E-state index in [2.05, 4.69) is 15.6 Å². The summed E-state index contributed by atoms with van der Waals surface area (Å²) in [4.78, 5) is 16.7. The van der Waals surface area contributed by atoms with Crippen molar-refractivity contribution in [3.63, 3.8) is 0 Å². The minimum absolute atomic E-state index is 0.0846. The minimum atomic E-state index is 0.0846. The number of anilines is 3. The summed E-state index contributed by atoms with van der Waals surface area (Å²) < 4.78 is 10.6. The van der Waals surface area contributed by atoms with E-state index in [4.69, 9.17) is 21.1 Å². The number of carbonyl (C=O) groups is 1. The van der Waals surface area contributed by atoms with Gasteiger partial charge in [-0.05, 0) is 25.0 Å². The second-order valence-electron chi connectivity index (χ2n) is 6.57. The van der Waals surface area contributed by atoms with Gasteiger partial charge >= 0.3 is 0 Å². The summed E-state index contributed by atoms with van der Waals surface area (Å²) in [6.45, 7) is 0. The first-order chi connectivity index (χ1) is 13.1. The van der Waals surface area contributed by atoms with Crippen LogP contribution in [0.25, 0.3) is 0 Å². The fraction of sp³-hybridized carbons (Fsp3) is 0.400. The summed E-state index contributed by atoms with van der Waals surface area (Å²) in [7, 11) is 3.13. The highest BCUT2D eigenvalue weighted by Gasteiger charge is 2.21. The second-order valence-corrected chi connectivity index (χ2v) is 6.98. The molecule has 144 valence electrons. The molecule has 0 saturated heterocycles. The summed E-state index contributed by atoms with van der Waals surface area (Å²) in [5.41, 5.74) is 1.38. The highest BCUT2D eigenvalue weighted by molar-refractivity contribution is 6.32. The standard InChI is InChI=1S/C20H24ClN3O3/c1-26-17-11-16(18(27-2)10-15(17)21)24-19-9-8-14(12-22-19)23-20(25)13-6-4-3-5-7-13/h8-13H,3-7H2,1-2H3,(H,22,24)(H,23,25). The molecule has 1 heterocycles. The third-order valence-corrected chi connectivity index (χ3v) is 5.04. The molecule has 1 amide bonds. The Labute approximate surface area is 164 Å². The van der Waals surface area contributed by atoms with Gasteiger partial charge in [-0.25, -0.2) is 4.98 Å². The van der Waals surface area contributed by atoms with E-state index < -0.39 is 0 Å². The van der Waals surface area contributed by atoms with Gasteiger partial charge in [0.2, 0.25) is 5.91 Å². The fourth-order valence-electron chi connectivity index (χ4n) is 3.25. The lowest BCUT2D eigenvalue weighted by molar-refractivity contribution is -0.120. The number of pyridine rings is 1. The van der Waals surface area contributed by atoms with E-state index >= 15 is 0 Å². The van der Waals surface area contributed by atoms with Gasteiger partial charge in [0.25, 0.3) is 0 Å². The molecular weight excluding hydrogens is 366 g/mol. The summed E-state index contributed by atoms with van der Waals surface area (Å²) in [5.74, 6) is 1.94. The van der Waals surface area contributed by atoms with Gasteiger partial charge in [-0.3, -0.25) is 4.79 Å². The Hall–Kier alpha value is -2.47. The zero-order valence-electron chi connectivity index (χ0n) is 15.5. The number of hydrogen-bond acceptors (Lipinski definition) is 5. The molecule has 7 heteroatoms. The number of amides is 1. The fourth-order valence-corrected chi connectivity index (χ4v) is 3.48. The normalized spacial score (nSPS) is 14.5. The highest BCUT2D eigenvalue weighted by Crippen LogP contribution is 2.37. The van der Waals surface area contributed by atoms with Crippen LogP contribution in [0, 0.1) is 5.92 Å². The molecule has 2 N–H and O–H groups in total. The second kappa shape index (κ2) is 8.95. The number of carbonyl (C=O) groups excluding carboxylic acids is 1. The van der Waals surface area contributed by atoms with E-state index in [1.54, 1.807) is 38.6 Å². The Bertz CT molecular complexity index is 790. The van der Waals surface area contributed by atoms with Crippen LogP contribution in [0.2, 0.25) is 5.02 Å². The molecule has 0 bridgehead atoms. The molecule has 1 saturated carbocycles. The molecule has 2 aromatic rings. The average Bonchev–Trinajstić information content (AvgIpc) is 2.71. The lowest BCUT2D eigenvalue weighted by Crippen LogP contribution is -2.24. The molecule has 6 nitrogen and oxygen atoms in total. The predicted octanol–water partition coefficient (Wildman–Crippen LogP) is 5.01. The Morgan fingerprint density at radius 3 is 2.48 bits per heavy atom. The molecule has 0 radical (unpaired) electrons. The number of nitrogens with zero attached hydrogens (tertiary/aromatic N) is 1. The molecule has 1 aliphatic carbocycles. The number of nitrogens with one attached hydrogen (secondary N) is 2. The molecule has 27 heavy (non-hydrogen) atoms. The molecule has 0 aliphatic heterocycles. The third-order valence-electron chi connectivity index (χ3n) is 4.74. The van der Waals surface area contributed by atoms with Gasteiger partial charge in [0.15, 0.2) is 0 Å². The maximum Gasteiger partial charge on any atom is 0.227 e. The van der Waals surface area contributed by atoms with Crippen molar-refractivity contribution in [2.75, 3.05) is 24.9 Å². The van der Waals surface area contributed by atoms with Crippen LogP contribution >= 0.6 is 11.6 Å². The van der Waals surface area contributed by atoms with Crippen molar-refractivity contribution in [3.8, 4) is 11.5 Å². The number of aromatic nitrogens is 1. The van der Waals surface area contributed by atoms with Crippen molar-refractivity contribution in [2.45, 2.75) is 32.1 Å². The van der Waals surface area contributed by atoms with E-state index in [0.29, 0.717) is 33.7 Å². The number of methoxy groups -OCH3 is 2. The van der Waals surface area contributed by atoms with Gasteiger partial charge in [0.1, 0.15) is 17.3 Å². The van der Waals surface area contributed by atoms with Crippen molar-refractivity contribution in [1.82, 2.24) is 4.98 Å². The quantitative estimate of drug-likeness (QED) is 0.726. The van der Waals surface area contributed by atoms with Gasteiger partial charge in [-0.1, -0.05) is 30.9 Å². The Morgan fingerprint density at radius 2 is 1.85 bits per heavy atom. The van der Waals surface area contributed by atoms with Gasteiger partial charge < -0.3 is 20.1 Å². The van der Waals surface area contributed by atoms with E-state index in [1.165, 1.54) is 6.42 Å². The third kappa shape index (κ3) is 4.83. The zero-order chi connectivity index (χ0) is 19.2. The monoisotopic (exact) mass is 389 g/mol. The van der Waals surface area contributed by atoms with E-state index in [1.807, 2.05) is 6.07 Å². The largest absolute Gasteiger partial charge is 0.495 e. The van der Waals surface area contributed by atoms with Gasteiger partial charge in [0, 0.05) is 18.1 Å². The van der Waals surface area contributed by atoms with Gasteiger partial charge in [-0.2, -0.15) is 0 Å². The topological polar surface area (TPSA) is 72.5 Å². The first-order valence-corrected chi connectivity index (χ1v) is 9.44. The lowest BCUT2D eigenvalue weighted by Gasteiger charge is -2.20. The Balaban J connectivity index is 1.68. The van der Waals surface area contributed by atoms with Crippen molar-refractivity contribution < 1.29 is 14.3 Å². The van der Waals surface area contributed by atoms with Crippen molar-refractivity contribution in [2.24, 2.45) is 5.92 Å². The molecule has 1 aliphatic rings. The van der Waals surface area contributed by atoms with Crippen molar-refractivity contribution >= 4 is 34.7 Å². The number of rotatable bonds is 6.